The Morgan fingerprint density at radius 2 is 1.71 bits per heavy atom. The third-order valence-corrected chi connectivity index (χ3v) is 6.29. The predicted molar refractivity (Wildman–Crippen MR) is 121 cm³/mol. The Morgan fingerprint density at radius 1 is 1.03 bits per heavy atom. The van der Waals surface area contributed by atoms with E-state index < -0.39 is 16.0 Å². The van der Waals surface area contributed by atoms with Gasteiger partial charge in [-0.1, -0.05) is 49.4 Å². The van der Waals surface area contributed by atoms with Crippen molar-refractivity contribution in [3.63, 3.8) is 0 Å². The van der Waals surface area contributed by atoms with E-state index >= 15 is 0 Å². The lowest BCUT2D eigenvalue weighted by molar-refractivity contribution is 0.0697. The first-order valence-corrected chi connectivity index (χ1v) is 11.5. The summed E-state index contributed by atoms with van der Waals surface area (Å²) in [6, 6.07) is 17.5. The maximum Gasteiger partial charge on any atom is 0.339 e. The number of pyridine rings is 1. The molecule has 3 aromatic rings. The van der Waals surface area contributed by atoms with Crippen LogP contribution >= 0.6 is 0 Å². The van der Waals surface area contributed by atoms with Gasteiger partial charge in [-0.2, -0.15) is 0 Å². The van der Waals surface area contributed by atoms with Gasteiger partial charge in [-0.25, -0.2) is 18.2 Å². The number of anilines is 2. The number of hydrogen-bond donors (Lipinski definition) is 2. The normalized spacial score (nSPS) is 11.2. The highest BCUT2D eigenvalue weighted by Gasteiger charge is 2.20. The maximum atomic E-state index is 12.7. The summed E-state index contributed by atoms with van der Waals surface area (Å²) in [4.78, 5) is 18.1. The lowest BCUT2D eigenvalue weighted by Crippen LogP contribution is -2.25. The standard InChI is InChI=1S/C23H25N3O4S/c1-3-17-10-12-20(13-11-17)31(29,30)25-19-14-21(23(27)28)22(24-15-19)26(4-2)16-18-8-6-5-7-9-18/h5-15,25H,3-4,16H2,1-2H3,(H,27,28). The Morgan fingerprint density at radius 3 is 2.29 bits per heavy atom. The highest BCUT2D eigenvalue weighted by Crippen LogP contribution is 2.25. The monoisotopic (exact) mass is 439 g/mol. The molecule has 0 fully saturated rings. The third kappa shape index (κ3) is 5.40. The lowest BCUT2D eigenvalue weighted by Gasteiger charge is -2.24. The van der Waals surface area contributed by atoms with Crippen molar-refractivity contribution in [3.8, 4) is 0 Å². The van der Waals surface area contributed by atoms with Crippen LogP contribution in [-0.2, 0) is 23.0 Å². The molecule has 0 amide bonds. The Labute approximate surface area is 182 Å². The molecular formula is C23H25N3O4S. The molecule has 7 nitrogen and oxygen atoms in total. The SMILES string of the molecule is CCc1ccc(S(=O)(=O)Nc2cnc(N(CC)Cc3ccccc3)c(C(=O)O)c2)cc1. The minimum absolute atomic E-state index is 0.0701. The highest BCUT2D eigenvalue weighted by molar-refractivity contribution is 7.92. The van der Waals surface area contributed by atoms with Gasteiger partial charge in [-0.3, -0.25) is 4.72 Å². The van der Waals surface area contributed by atoms with Gasteiger partial charge in [-0.15, -0.1) is 0 Å². The van der Waals surface area contributed by atoms with Gasteiger partial charge in [0, 0.05) is 13.1 Å². The summed E-state index contributed by atoms with van der Waals surface area (Å²) >= 11 is 0. The molecule has 1 heterocycles. The predicted octanol–water partition coefficient (Wildman–Crippen LogP) is 4.17. The van der Waals surface area contributed by atoms with Crippen molar-refractivity contribution < 1.29 is 18.3 Å². The smallest absolute Gasteiger partial charge is 0.339 e. The van der Waals surface area contributed by atoms with Crippen molar-refractivity contribution in [2.75, 3.05) is 16.2 Å². The summed E-state index contributed by atoms with van der Waals surface area (Å²) in [5, 5.41) is 9.73. The van der Waals surface area contributed by atoms with Crippen LogP contribution in [0, 0.1) is 0 Å². The van der Waals surface area contributed by atoms with Gasteiger partial charge in [0.15, 0.2) is 0 Å². The Balaban J connectivity index is 1.89. The van der Waals surface area contributed by atoms with Crippen LogP contribution in [0.5, 0.6) is 0 Å². The van der Waals surface area contributed by atoms with E-state index in [0.717, 1.165) is 17.5 Å². The molecule has 0 unspecified atom stereocenters. The van der Waals surface area contributed by atoms with E-state index in [1.54, 1.807) is 12.1 Å². The summed E-state index contributed by atoms with van der Waals surface area (Å²) < 4.78 is 27.8. The van der Waals surface area contributed by atoms with Crippen molar-refractivity contribution in [1.82, 2.24) is 4.98 Å². The van der Waals surface area contributed by atoms with Crippen LogP contribution in [0.2, 0.25) is 0 Å². The molecule has 0 radical (unpaired) electrons. The highest BCUT2D eigenvalue weighted by atomic mass is 32.2. The lowest BCUT2D eigenvalue weighted by atomic mass is 10.2. The molecule has 1 aromatic heterocycles. The van der Waals surface area contributed by atoms with Crippen molar-refractivity contribution in [3.05, 3.63) is 83.6 Å². The second kappa shape index (κ2) is 9.61. The van der Waals surface area contributed by atoms with E-state index in [0.29, 0.717) is 13.1 Å². The molecule has 0 atom stereocenters. The molecule has 0 bridgehead atoms. The molecule has 0 aliphatic rings. The van der Waals surface area contributed by atoms with E-state index in [-0.39, 0.29) is 22.0 Å². The molecule has 8 heteroatoms. The topological polar surface area (TPSA) is 99.6 Å². The second-order valence-corrected chi connectivity index (χ2v) is 8.69. The number of aromatic carboxylic acids is 1. The summed E-state index contributed by atoms with van der Waals surface area (Å²) in [5.41, 5.74) is 2.06. The van der Waals surface area contributed by atoms with Crippen LogP contribution in [0.1, 0.15) is 35.3 Å². The zero-order valence-electron chi connectivity index (χ0n) is 17.4. The van der Waals surface area contributed by atoms with E-state index in [9.17, 15) is 18.3 Å². The molecule has 0 saturated carbocycles. The minimum atomic E-state index is -3.86. The average Bonchev–Trinajstić information content (AvgIpc) is 2.78. The van der Waals surface area contributed by atoms with Gasteiger partial charge in [0.25, 0.3) is 10.0 Å². The van der Waals surface area contributed by atoms with Gasteiger partial charge in [0.05, 0.1) is 16.8 Å². The molecule has 0 spiro atoms. The fraction of sp³-hybridized carbons (Fsp3) is 0.217. The summed E-state index contributed by atoms with van der Waals surface area (Å²) in [5.74, 6) is -0.892. The second-order valence-electron chi connectivity index (χ2n) is 7.00. The first-order valence-electron chi connectivity index (χ1n) is 9.98. The number of aryl methyl sites for hydroxylation is 1. The average molecular weight is 440 g/mol. The summed E-state index contributed by atoms with van der Waals surface area (Å²) in [7, 11) is -3.86. The molecular weight excluding hydrogens is 414 g/mol. The maximum absolute atomic E-state index is 12.7. The number of sulfonamides is 1. The van der Waals surface area contributed by atoms with Gasteiger partial charge >= 0.3 is 5.97 Å². The molecule has 0 aliphatic carbocycles. The number of rotatable bonds is 9. The molecule has 2 aromatic carbocycles. The fourth-order valence-electron chi connectivity index (χ4n) is 3.18. The molecule has 0 saturated heterocycles. The largest absolute Gasteiger partial charge is 0.478 e. The number of aromatic nitrogens is 1. The quantitative estimate of drug-likeness (QED) is 0.519. The number of nitrogens with zero attached hydrogens (tertiary/aromatic N) is 2. The van der Waals surface area contributed by atoms with Crippen LogP contribution in [0.15, 0.2) is 71.8 Å². The van der Waals surface area contributed by atoms with Crippen molar-refractivity contribution in [1.29, 1.82) is 0 Å². The van der Waals surface area contributed by atoms with Crippen LogP contribution in [0.3, 0.4) is 0 Å². The number of hydrogen-bond acceptors (Lipinski definition) is 5. The van der Waals surface area contributed by atoms with E-state index in [1.807, 2.05) is 49.1 Å². The number of carboxylic acids is 1. The first-order chi connectivity index (χ1) is 14.8. The number of nitrogens with one attached hydrogen (secondary N) is 1. The van der Waals surface area contributed by atoms with Crippen LogP contribution in [-0.4, -0.2) is 31.0 Å². The van der Waals surface area contributed by atoms with E-state index in [1.165, 1.54) is 24.4 Å². The van der Waals surface area contributed by atoms with Crippen LogP contribution < -0.4 is 9.62 Å². The van der Waals surface area contributed by atoms with Gasteiger partial charge in [0.2, 0.25) is 0 Å². The van der Waals surface area contributed by atoms with Crippen molar-refractivity contribution in [2.24, 2.45) is 0 Å². The van der Waals surface area contributed by atoms with Crippen LogP contribution in [0.25, 0.3) is 0 Å². The van der Waals surface area contributed by atoms with Crippen LogP contribution in [0.4, 0.5) is 11.5 Å². The van der Waals surface area contributed by atoms with Crippen molar-refractivity contribution in [2.45, 2.75) is 31.7 Å². The molecule has 0 aliphatic heterocycles. The zero-order chi connectivity index (χ0) is 22.4. The first kappa shape index (κ1) is 22.3. The Bertz CT molecular complexity index is 1150. The molecule has 2 N–H and O–H groups in total. The van der Waals surface area contributed by atoms with Crippen molar-refractivity contribution >= 4 is 27.5 Å². The Hall–Kier alpha value is -3.39. The minimum Gasteiger partial charge on any atom is -0.478 e. The number of benzene rings is 2. The molecule has 162 valence electrons. The molecule has 3 rings (SSSR count). The number of carbonyl (C=O) groups is 1. The van der Waals surface area contributed by atoms with Gasteiger partial charge in [0.1, 0.15) is 11.4 Å². The molecule has 31 heavy (non-hydrogen) atoms. The van der Waals surface area contributed by atoms with Gasteiger partial charge < -0.3 is 10.0 Å². The fourth-order valence-corrected chi connectivity index (χ4v) is 4.22. The summed E-state index contributed by atoms with van der Waals surface area (Å²) in [6.07, 6.45) is 2.14. The number of carboxylic acid groups (broad SMARTS) is 1. The summed E-state index contributed by atoms with van der Waals surface area (Å²) in [6.45, 7) is 4.92. The van der Waals surface area contributed by atoms with E-state index in [2.05, 4.69) is 9.71 Å². The third-order valence-electron chi connectivity index (χ3n) is 4.89. The Kier molecular flexibility index (Phi) is 6.91. The van der Waals surface area contributed by atoms with Gasteiger partial charge in [-0.05, 0) is 42.7 Å². The van der Waals surface area contributed by atoms with E-state index in [4.69, 9.17) is 0 Å². The zero-order valence-corrected chi connectivity index (χ0v) is 18.3.